The number of hydrogen-bond acceptors (Lipinski definition) is 11. The van der Waals surface area contributed by atoms with E-state index in [2.05, 4.69) is 28.3 Å². The quantitative estimate of drug-likeness (QED) is 0.165. The minimum Gasteiger partial charge on any atom is -0.484 e. The molecule has 314 valence electrons. The van der Waals surface area contributed by atoms with Crippen molar-refractivity contribution in [2.24, 2.45) is 5.92 Å². The summed E-state index contributed by atoms with van der Waals surface area (Å²) >= 11 is 1.64. The topological polar surface area (TPSA) is 186 Å². The number of carbonyl (C=O) groups is 4. The van der Waals surface area contributed by atoms with Crippen molar-refractivity contribution in [2.45, 2.75) is 126 Å². The molecule has 59 heavy (non-hydrogen) atoms. The summed E-state index contributed by atoms with van der Waals surface area (Å²) in [4.78, 5) is 64.8. The summed E-state index contributed by atoms with van der Waals surface area (Å²) in [6.45, 7) is 7.27. The molecule has 4 amide bonds. The lowest BCUT2D eigenvalue weighted by molar-refractivity contribution is -0.141. The number of nitrogens with zero attached hydrogens (tertiary/aromatic N) is 2. The van der Waals surface area contributed by atoms with Gasteiger partial charge in [-0.2, -0.15) is 0 Å². The number of thiophene rings is 1. The number of rotatable bonds is 8. The molecule has 4 aliphatic rings. The fourth-order valence-electron chi connectivity index (χ4n) is 8.05. The Hall–Kier alpha value is -4.96. The van der Waals surface area contributed by atoms with Gasteiger partial charge in [0.2, 0.25) is 21.8 Å². The minimum atomic E-state index is -3.91. The molecule has 5 atom stereocenters. The first-order chi connectivity index (χ1) is 28.1. The van der Waals surface area contributed by atoms with E-state index in [-0.39, 0.29) is 19.4 Å². The molecule has 1 aromatic carbocycles. The highest BCUT2D eigenvalue weighted by atomic mass is 32.2. The monoisotopic (exact) mass is 845 g/mol. The van der Waals surface area contributed by atoms with Crippen LogP contribution < -0.4 is 20.1 Å². The van der Waals surface area contributed by atoms with Crippen LogP contribution in [0.25, 0.3) is 32.6 Å². The number of furan rings is 1. The number of aromatic nitrogens is 1. The fraction of sp³-hybridized carbons (Fsp3) is 0.512. The number of fused-ring (bicyclic) bond motifs is 5. The Labute approximate surface area is 347 Å². The number of aryl methyl sites for hydroxylation is 1. The molecule has 3 N–H and O–H groups in total. The van der Waals surface area contributed by atoms with Gasteiger partial charge in [-0.05, 0) is 90.0 Å². The molecule has 0 spiro atoms. The van der Waals surface area contributed by atoms with Crippen LogP contribution in [0.15, 0.2) is 59.0 Å². The number of alkyl carbamates (subject to hydrolysis) is 1. The van der Waals surface area contributed by atoms with Gasteiger partial charge < -0.3 is 29.4 Å². The molecule has 3 fully saturated rings. The number of pyridine rings is 1. The third kappa shape index (κ3) is 8.70. The SMILES string of the molecule is CCc1ccc(-c2cc(O[C@@H]3C[C@H]4C(=O)N[C@]5(C(=O)NS(=O)(=O)C6CC6)C[C@H]5/C=C\CCCCC[C@H](NC(=O)OC(C)(C)C)C(=O)N4C3)c3oc4ccccc4c3n2)s1. The van der Waals surface area contributed by atoms with Crippen LogP contribution in [0, 0.1) is 5.92 Å². The van der Waals surface area contributed by atoms with Gasteiger partial charge in [0.1, 0.15) is 40.4 Å². The van der Waals surface area contributed by atoms with Crippen molar-refractivity contribution in [1.82, 2.24) is 25.2 Å². The van der Waals surface area contributed by atoms with Crippen molar-refractivity contribution in [1.29, 1.82) is 0 Å². The first-order valence-electron chi connectivity index (χ1n) is 20.6. The molecular formula is C43H51N5O9S2. The average molecular weight is 846 g/mol. The van der Waals surface area contributed by atoms with Crippen LogP contribution >= 0.6 is 11.3 Å². The summed E-state index contributed by atoms with van der Waals surface area (Å²) in [5, 5.41) is 5.86. The second-order valence-electron chi connectivity index (χ2n) is 17.1. The number of carbonyl (C=O) groups excluding carboxylic acids is 4. The van der Waals surface area contributed by atoms with Crippen molar-refractivity contribution >= 4 is 67.2 Å². The van der Waals surface area contributed by atoms with Crippen LogP contribution in [0.3, 0.4) is 0 Å². The Bertz CT molecular complexity index is 2430. The molecule has 16 heteroatoms. The number of sulfonamides is 1. The van der Waals surface area contributed by atoms with Gasteiger partial charge in [0, 0.05) is 28.7 Å². The Morgan fingerprint density at radius 3 is 2.63 bits per heavy atom. The van der Waals surface area contributed by atoms with Crippen LogP contribution in [-0.2, 0) is 35.6 Å². The van der Waals surface area contributed by atoms with Crippen molar-refractivity contribution in [3.63, 3.8) is 0 Å². The van der Waals surface area contributed by atoms with E-state index in [1.54, 1.807) is 32.1 Å². The third-order valence-electron chi connectivity index (χ3n) is 11.4. The van der Waals surface area contributed by atoms with E-state index in [1.807, 2.05) is 48.6 Å². The lowest BCUT2D eigenvalue weighted by Gasteiger charge is -2.30. The Morgan fingerprint density at radius 2 is 1.88 bits per heavy atom. The zero-order valence-corrected chi connectivity index (χ0v) is 35.4. The maximum absolute atomic E-state index is 14.7. The van der Waals surface area contributed by atoms with Crippen LogP contribution in [-0.4, -0.2) is 83.2 Å². The molecule has 0 unspecified atom stereocenters. The van der Waals surface area contributed by atoms with E-state index in [1.165, 1.54) is 9.78 Å². The first kappa shape index (κ1) is 40.8. The third-order valence-corrected chi connectivity index (χ3v) is 14.5. The summed E-state index contributed by atoms with van der Waals surface area (Å²) in [6.07, 6.45) is 7.55. The lowest BCUT2D eigenvalue weighted by atomic mass is 10.0. The molecule has 1 saturated heterocycles. The molecule has 14 nitrogen and oxygen atoms in total. The predicted octanol–water partition coefficient (Wildman–Crippen LogP) is 6.52. The summed E-state index contributed by atoms with van der Waals surface area (Å²) in [7, 11) is -3.91. The van der Waals surface area contributed by atoms with Crippen LogP contribution in [0.4, 0.5) is 4.79 Å². The zero-order valence-electron chi connectivity index (χ0n) is 33.7. The molecule has 2 saturated carbocycles. The normalized spacial score (nSPS) is 25.9. The number of hydrogen-bond donors (Lipinski definition) is 3. The highest BCUT2D eigenvalue weighted by molar-refractivity contribution is 7.91. The molecule has 2 aliphatic carbocycles. The van der Waals surface area contributed by atoms with Crippen LogP contribution in [0.1, 0.15) is 90.4 Å². The van der Waals surface area contributed by atoms with Gasteiger partial charge in [0.05, 0.1) is 22.4 Å². The predicted molar refractivity (Wildman–Crippen MR) is 223 cm³/mol. The van der Waals surface area contributed by atoms with Crippen molar-refractivity contribution in [2.75, 3.05) is 6.54 Å². The van der Waals surface area contributed by atoms with Crippen molar-refractivity contribution in [3.8, 4) is 16.3 Å². The average Bonchev–Trinajstić information content (AvgIpc) is 4.00. The standard InChI is InChI=1S/C43H51N5O9S2/c1-5-27-17-20-35(58-27)31-22-34(37-36(44-31)29-14-11-12-16-33(29)56-37)55-26-21-32-38(49)46-43(40(51)47-59(53,54)28-18-19-28)23-25(43)13-9-7-6-8-10-15-30(39(50)48(32)24-26)45-41(52)57-42(2,3)4/h9,11-14,16-17,20,22,25-26,28,30,32H,5-8,10,15,18-19,21,23-24H2,1-4H3,(H,45,52)(H,46,49)(H,47,51)/b13-9-/t25-,26-,30+,32+,43-/m1/s1. The number of allylic oxidation sites excluding steroid dienone is 1. The number of para-hydroxylation sites is 1. The second kappa shape index (κ2) is 15.9. The largest absolute Gasteiger partial charge is 0.484 e. The summed E-state index contributed by atoms with van der Waals surface area (Å²) in [6, 6.07) is 11.3. The van der Waals surface area contributed by atoms with Crippen LogP contribution in [0.2, 0.25) is 0 Å². The molecule has 4 aromatic rings. The van der Waals surface area contributed by atoms with Gasteiger partial charge in [0.15, 0.2) is 11.3 Å². The van der Waals surface area contributed by atoms with Crippen molar-refractivity contribution in [3.05, 3.63) is 59.5 Å². The van der Waals surface area contributed by atoms with E-state index in [0.717, 1.165) is 29.5 Å². The maximum Gasteiger partial charge on any atom is 0.408 e. The highest BCUT2D eigenvalue weighted by Gasteiger charge is 2.62. The number of nitrogens with one attached hydrogen (secondary N) is 3. The van der Waals surface area contributed by atoms with E-state index >= 15 is 0 Å². The molecule has 5 heterocycles. The van der Waals surface area contributed by atoms with Gasteiger partial charge in [-0.3, -0.25) is 19.1 Å². The Balaban J connectivity index is 1.14. The lowest BCUT2D eigenvalue weighted by Crippen LogP contribution is -2.58. The van der Waals surface area contributed by atoms with E-state index in [0.29, 0.717) is 60.2 Å². The van der Waals surface area contributed by atoms with Gasteiger partial charge >= 0.3 is 6.09 Å². The summed E-state index contributed by atoms with van der Waals surface area (Å²) in [5.41, 5.74) is 0.0211. The molecular weight excluding hydrogens is 795 g/mol. The molecule has 0 bridgehead atoms. The van der Waals surface area contributed by atoms with Gasteiger partial charge in [-0.25, -0.2) is 18.2 Å². The second-order valence-corrected chi connectivity index (χ2v) is 20.2. The van der Waals surface area contributed by atoms with Gasteiger partial charge in [-0.15, -0.1) is 11.3 Å². The molecule has 2 aliphatic heterocycles. The molecule has 3 aromatic heterocycles. The number of benzene rings is 1. The van der Waals surface area contributed by atoms with Crippen molar-refractivity contribution < 1.29 is 41.5 Å². The molecule has 0 radical (unpaired) electrons. The summed E-state index contributed by atoms with van der Waals surface area (Å²) < 4.78 is 46.7. The Morgan fingerprint density at radius 1 is 1.08 bits per heavy atom. The van der Waals surface area contributed by atoms with E-state index in [4.69, 9.17) is 18.9 Å². The first-order valence-corrected chi connectivity index (χ1v) is 22.9. The van der Waals surface area contributed by atoms with E-state index < -0.39 is 74.3 Å². The molecule has 8 rings (SSSR count). The Kier molecular flexibility index (Phi) is 11.0. The zero-order chi connectivity index (χ0) is 41.7. The maximum atomic E-state index is 14.7. The number of ether oxygens (including phenoxy) is 2. The van der Waals surface area contributed by atoms with Gasteiger partial charge in [-0.1, -0.05) is 44.1 Å². The summed E-state index contributed by atoms with van der Waals surface area (Å²) in [5.74, 6) is -1.95. The van der Waals surface area contributed by atoms with Gasteiger partial charge in [0.25, 0.3) is 5.91 Å². The van der Waals surface area contributed by atoms with E-state index in [9.17, 15) is 27.6 Å². The minimum absolute atomic E-state index is 0.0274. The number of amides is 4. The van der Waals surface area contributed by atoms with Crippen LogP contribution in [0.5, 0.6) is 5.75 Å². The smallest absolute Gasteiger partial charge is 0.408 e. The highest BCUT2D eigenvalue weighted by Crippen LogP contribution is 2.46. The fourth-order valence-corrected chi connectivity index (χ4v) is 10.3.